The first-order valence-corrected chi connectivity index (χ1v) is 11.4. The SMILES string of the molecule is FPN1CC2CC(OCc3c(-c4c(Cl)cccc4Cl)noc3C3CC3)C[C@H]2C1. The van der Waals surface area contributed by atoms with Crippen molar-refractivity contribution in [2.45, 2.75) is 44.3 Å². The molecule has 4 nitrogen and oxygen atoms in total. The van der Waals surface area contributed by atoms with Crippen molar-refractivity contribution < 1.29 is 13.5 Å². The summed E-state index contributed by atoms with van der Waals surface area (Å²) in [4.78, 5) is 0. The van der Waals surface area contributed by atoms with Crippen molar-refractivity contribution in [1.82, 2.24) is 9.83 Å². The summed E-state index contributed by atoms with van der Waals surface area (Å²) in [7, 11) is -0.576. The second kappa shape index (κ2) is 7.85. The average Bonchev–Trinajstić information content (AvgIpc) is 3.15. The number of fused-ring (bicyclic) bond motifs is 1. The van der Waals surface area contributed by atoms with Crippen LogP contribution in [0, 0.1) is 11.8 Å². The second-order valence-corrected chi connectivity index (χ2v) is 9.77. The van der Waals surface area contributed by atoms with Crippen LogP contribution in [0.4, 0.5) is 4.20 Å². The van der Waals surface area contributed by atoms with E-state index >= 15 is 0 Å². The highest BCUT2D eigenvalue weighted by Gasteiger charge is 2.42. The maximum Gasteiger partial charge on any atom is 0.145 e. The Hall–Kier alpha value is -0.710. The highest BCUT2D eigenvalue weighted by atomic mass is 35.5. The summed E-state index contributed by atoms with van der Waals surface area (Å²) >= 11 is 12.8. The number of hydrogen-bond donors (Lipinski definition) is 0. The molecule has 4 atom stereocenters. The quantitative estimate of drug-likeness (QED) is 0.496. The van der Waals surface area contributed by atoms with Gasteiger partial charge < -0.3 is 9.26 Å². The molecule has 3 fully saturated rings. The van der Waals surface area contributed by atoms with Crippen molar-refractivity contribution in [3.63, 3.8) is 0 Å². The van der Waals surface area contributed by atoms with Gasteiger partial charge in [-0.2, -0.15) is 0 Å². The van der Waals surface area contributed by atoms with Crippen LogP contribution in [0.5, 0.6) is 0 Å². The van der Waals surface area contributed by atoms with E-state index in [0.29, 0.717) is 45.7 Å². The van der Waals surface area contributed by atoms with Crippen molar-refractivity contribution in [1.29, 1.82) is 0 Å². The molecule has 28 heavy (non-hydrogen) atoms. The van der Waals surface area contributed by atoms with E-state index in [9.17, 15) is 4.20 Å². The topological polar surface area (TPSA) is 38.5 Å². The molecule has 150 valence electrons. The predicted molar refractivity (Wildman–Crippen MR) is 110 cm³/mol. The number of nitrogens with zero attached hydrogens (tertiary/aromatic N) is 2. The maximum absolute atomic E-state index is 12.9. The maximum atomic E-state index is 12.9. The summed E-state index contributed by atoms with van der Waals surface area (Å²) in [5.74, 6) is 2.43. The van der Waals surface area contributed by atoms with E-state index in [1.807, 2.05) is 22.9 Å². The molecule has 2 aliphatic carbocycles. The molecule has 1 aromatic heterocycles. The van der Waals surface area contributed by atoms with Crippen molar-refractivity contribution in [2.75, 3.05) is 13.1 Å². The van der Waals surface area contributed by atoms with Crippen molar-refractivity contribution in [3.8, 4) is 11.3 Å². The molecule has 1 aliphatic heterocycles. The number of aromatic nitrogens is 1. The fraction of sp³-hybridized carbons (Fsp3) is 0.550. The first kappa shape index (κ1) is 19.3. The summed E-state index contributed by atoms with van der Waals surface area (Å²) in [6.07, 6.45) is 4.43. The number of hydrogen-bond acceptors (Lipinski definition) is 4. The average molecular weight is 443 g/mol. The minimum Gasteiger partial charge on any atom is -0.373 e. The lowest BCUT2D eigenvalue weighted by molar-refractivity contribution is 0.0386. The minimum atomic E-state index is -0.576. The highest BCUT2D eigenvalue weighted by Crippen LogP contribution is 2.47. The Bertz CT molecular complexity index is 842. The van der Waals surface area contributed by atoms with Gasteiger partial charge in [-0.3, -0.25) is 4.67 Å². The van der Waals surface area contributed by atoms with Crippen LogP contribution in [0.15, 0.2) is 22.7 Å². The summed E-state index contributed by atoms with van der Waals surface area (Å²) in [5, 5.41) is 5.45. The normalized spacial score (nSPS) is 27.9. The molecule has 2 aromatic rings. The van der Waals surface area contributed by atoms with Crippen LogP contribution < -0.4 is 0 Å². The van der Waals surface area contributed by atoms with Gasteiger partial charge in [0.05, 0.1) is 22.8 Å². The molecule has 2 heterocycles. The van der Waals surface area contributed by atoms with Crippen LogP contribution in [0.25, 0.3) is 11.3 Å². The van der Waals surface area contributed by atoms with Crippen molar-refractivity contribution >= 4 is 32.2 Å². The van der Waals surface area contributed by atoms with E-state index in [1.165, 1.54) is 0 Å². The fourth-order valence-electron chi connectivity index (χ4n) is 4.70. The Morgan fingerprint density at radius 1 is 1.18 bits per heavy atom. The van der Waals surface area contributed by atoms with Crippen LogP contribution in [0.3, 0.4) is 0 Å². The molecule has 1 saturated heterocycles. The number of benzene rings is 1. The van der Waals surface area contributed by atoms with Crippen molar-refractivity contribution in [3.05, 3.63) is 39.6 Å². The molecule has 1 aromatic carbocycles. The first-order chi connectivity index (χ1) is 13.6. The Kier molecular flexibility index (Phi) is 5.40. The molecule has 3 aliphatic rings. The van der Waals surface area contributed by atoms with Crippen molar-refractivity contribution in [2.24, 2.45) is 11.8 Å². The monoisotopic (exact) mass is 442 g/mol. The lowest BCUT2D eigenvalue weighted by atomic mass is 10.0. The summed E-state index contributed by atoms with van der Waals surface area (Å²) < 4.78 is 26.9. The van der Waals surface area contributed by atoms with E-state index in [0.717, 1.165) is 50.1 Å². The van der Waals surface area contributed by atoms with Gasteiger partial charge in [0.15, 0.2) is 0 Å². The van der Waals surface area contributed by atoms with Gasteiger partial charge in [-0.15, -0.1) is 0 Å². The molecule has 0 spiro atoms. The zero-order chi connectivity index (χ0) is 19.3. The minimum absolute atomic E-state index is 0.205. The molecular weight excluding hydrogens is 421 g/mol. The third-order valence-corrected chi connectivity index (χ3v) is 7.49. The van der Waals surface area contributed by atoms with E-state index in [2.05, 4.69) is 5.16 Å². The third-order valence-electron chi connectivity index (χ3n) is 6.26. The molecule has 0 bridgehead atoms. The zero-order valence-electron chi connectivity index (χ0n) is 15.3. The first-order valence-electron chi connectivity index (χ1n) is 9.79. The van der Waals surface area contributed by atoms with Crippen LogP contribution in [-0.2, 0) is 11.3 Å². The lowest BCUT2D eigenvalue weighted by Gasteiger charge is -2.16. The number of rotatable bonds is 6. The second-order valence-electron chi connectivity index (χ2n) is 8.16. The Labute approximate surface area is 175 Å². The Morgan fingerprint density at radius 3 is 2.46 bits per heavy atom. The van der Waals surface area contributed by atoms with Gasteiger partial charge in [0.1, 0.15) is 20.5 Å². The van der Waals surface area contributed by atoms with E-state index < -0.39 is 9.04 Å². The Balaban J connectivity index is 1.35. The largest absolute Gasteiger partial charge is 0.373 e. The van der Waals surface area contributed by atoms with Crippen LogP contribution in [0.2, 0.25) is 10.0 Å². The van der Waals surface area contributed by atoms with Gasteiger partial charge >= 0.3 is 0 Å². The molecule has 0 radical (unpaired) electrons. The zero-order valence-corrected chi connectivity index (χ0v) is 17.8. The molecule has 2 saturated carbocycles. The summed E-state index contributed by atoms with van der Waals surface area (Å²) in [6.45, 7) is 2.17. The molecule has 8 heteroatoms. The standard InChI is InChI=1S/C20H22Cl2FN2O2P/c21-16-2-1-3-17(22)18(16)19-15(20(27-24-19)11-4-5-11)10-26-14-6-12-8-25(28-23)9-13(12)7-14/h1-3,11-14,28H,4-10H2/t12-,13?,14?/m0/s1. The molecule has 5 rings (SSSR count). The van der Waals surface area contributed by atoms with Gasteiger partial charge in [-0.1, -0.05) is 34.4 Å². The molecular formula is C20H22Cl2FN2O2P. The lowest BCUT2D eigenvalue weighted by Crippen LogP contribution is -2.16. The molecule has 3 unspecified atom stereocenters. The Morgan fingerprint density at radius 2 is 1.86 bits per heavy atom. The van der Waals surface area contributed by atoms with Gasteiger partial charge in [-0.25, -0.2) is 4.20 Å². The predicted octanol–water partition coefficient (Wildman–Crippen LogP) is 6.23. The van der Waals surface area contributed by atoms with Gasteiger partial charge in [0.2, 0.25) is 0 Å². The smallest absolute Gasteiger partial charge is 0.145 e. The van der Waals surface area contributed by atoms with Gasteiger partial charge in [0.25, 0.3) is 0 Å². The van der Waals surface area contributed by atoms with Gasteiger partial charge in [-0.05, 0) is 49.7 Å². The molecule has 0 N–H and O–H groups in total. The summed E-state index contributed by atoms with van der Waals surface area (Å²) in [6, 6.07) is 5.45. The fourth-order valence-corrected chi connectivity index (χ4v) is 5.88. The van der Waals surface area contributed by atoms with E-state index in [4.69, 9.17) is 32.5 Å². The summed E-state index contributed by atoms with van der Waals surface area (Å²) in [5.41, 5.74) is 2.38. The van der Waals surface area contributed by atoms with E-state index in [1.54, 1.807) is 0 Å². The third kappa shape index (κ3) is 3.61. The number of ether oxygens (including phenoxy) is 1. The van der Waals surface area contributed by atoms with Crippen LogP contribution >= 0.6 is 32.2 Å². The highest BCUT2D eigenvalue weighted by molar-refractivity contribution is 7.28. The van der Waals surface area contributed by atoms with Crippen LogP contribution in [0.1, 0.15) is 42.9 Å². The van der Waals surface area contributed by atoms with E-state index in [-0.39, 0.29) is 6.10 Å². The molecule has 0 amide bonds. The van der Waals surface area contributed by atoms with Gasteiger partial charge in [0, 0.05) is 30.1 Å². The van der Waals surface area contributed by atoms with Crippen LogP contribution in [-0.4, -0.2) is 29.0 Å². The number of halogens is 3.